The molecule has 1 N–H and O–H groups in total. The highest BCUT2D eigenvalue weighted by Crippen LogP contribution is 2.40. The molecule has 1 amide bonds. The van der Waals surface area contributed by atoms with Crippen molar-refractivity contribution in [2.24, 2.45) is 5.41 Å². The van der Waals surface area contributed by atoms with Crippen molar-refractivity contribution in [3.05, 3.63) is 108 Å². The van der Waals surface area contributed by atoms with E-state index in [1.165, 1.54) is 6.92 Å². The smallest absolute Gasteiger partial charge is 0.311 e. The van der Waals surface area contributed by atoms with Crippen LogP contribution in [0, 0.1) is 5.41 Å². The van der Waals surface area contributed by atoms with Gasteiger partial charge in [-0.3, -0.25) is 14.4 Å². The molecule has 43 heavy (non-hydrogen) atoms. The Kier molecular flexibility index (Phi) is 9.85. The minimum Gasteiger partial charge on any atom is -0.462 e. The van der Waals surface area contributed by atoms with E-state index in [1.807, 2.05) is 91.0 Å². The quantitative estimate of drug-likeness (QED) is 0.244. The molecule has 228 valence electrons. The van der Waals surface area contributed by atoms with Gasteiger partial charge in [0, 0.05) is 6.92 Å². The Morgan fingerprint density at radius 1 is 0.814 bits per heavy atom. The predicted molar refractivity (Wildman–Crippen MR) is 162 cm³/mol. The summed E-state index contributed by atoms with van der Waals surface area (Å²) in [6.07, 6.45) is -1.73. The van der Waals surface area contributed by atoms with E-state index in [0.29, 0.717) is 0 Å². The molecule has 3 atom stereocenters. The minimum absolute atomic E-state index is 0.142. The standard InChI is InChI=1S/C35H41NO7/c1-24(37)36-30(31-29(42-34(5,6)43-31)23-40-32(39)33(2,3)4)28(38)22-41-35(25-16-10-7-11-17-25,26-18-12-8-13-19-26)27-20-14-9-15-21-27/h7-21,29-31H,22-23H2,1-6H3,(H,36,37). The molecule has 0 bridgehead atoms. The first-order chi connectivity index (χ1) is 20.3. The largest absolute Gasteiger partial charge is 0.462 e. The Labute approximate surface area is 253 Å². The summed E-state index contributed by atoms with van der Waals surface area (Å²) in [5.41, 5.74) is 0.661. The van der Waals surface area contributed by atoms with Crippen LogP contribution < -0.4 is 5.32 Å². The molecule has 3 aromatic rings. The van der Waals surface area contributed by atoms with Crippen molar-refractivity contribution < 1.29 is 33.3 Å². The van der Waals surface area contributed by atoms with Crippen molar-refractivity contribution in [1.29, 1.82) is 0 Å². The molecular weight excluding hydrogens is 546 g/mol. The first-order valence-electron chi connectivity index (χ1n) is 14.5. The Bertz CT molecular complexity index is 1290. The van der Waals surface area contributed by atoms with Gasteiger partial charge >= 0.3 is 5.97 Å². The van der Waals surface area contributed by atoms with E-state index in [4.69, 9.17) is 18.9 Å². The van der Waals surface area contributed by atoms with E-state index in [-0.39, 0.29) is 13.2 Å². The molecular formula is C35H41NO7. The first kappa shape index (κ1) is 32.1. The number of Topliss-reactive ketones (excluding diaryl/α,β-unsaturated/α-hetero) is 1. The van der Waals surface area contributed by atoms with E-state index < -0.39 is 52.7 Å². The van der Waals surface area contributed by atoms with Crippen LogP contribution in [0.15, 0.2) is 91.0 Å². The molecule has 0 aromatic heterocycles. The Morgan fingerprint density at radius 2 is 1.28 bits per heavy atom. The van der Waals surface area contributed by atoms with Crippen LogP contribution in [0.3, 0.4) is 0 Å². The number of amides is 1. The Morgan fingerprint density at radius 3 is 1.70 bits per heavy atom. The van der Waals surface area contributed by atoms with Gasteiger partial charge in [-0.2, -0.15) is 0 Å². The van der Waals surface area contributed by atoms with Crippen molar-refractivity contribution in [1.82, 2.24) is 5.32 Å². The lowest BCUT2D eigenvalue weighted by Gasteiger charge is -2.36. The Hall–Kier alpha value is -3.85. The fourth-order valence-electron chi connectivity index (χ4n) is 5.25. The summed E-state index contributed by atoms with van der Waals surface area (Å²) in [6.45, 7) is 9.51. The van der Waals surface area contributed by atoms with Gasteiger partial charge in [-0.15, -0.1) is 0 Å². The summed E-state index contributed by atoms with van der Waals surface area (Å²) >= 11 is 0. The monoisotopic (exact) mass is 587 g/mol. The maximum Gasteiger partial charge on any atom is 0.311 e. The molecule has 1 fully saturated rings. The summed E-state index contributed by atoms with van der Waals surface area (Å²) < 4.78 is 24.4. The molecule has 0 radical (unpaired) electrons. The van der Waals surface area contributed by atoms with Crippen LogP contribution in [-0.4, -0.2) is 54.9 Å². The Balaban J connectivity index is 1.69. The van der Waals surface area contributed by atoms with Crippen molar-refractivity contribution in [3.8, 4) is 0 Å². The van der Waals surface area contributed by atoms with E-state index in [2.05, 4.69) is 5.32 Å². The summed E-state index contributed by atoms with van der Waals surface area (Å²) in [4.78, 5) is 39.0. The van der Waals surface area contributed by atoms with Gasteiger partial charge in [0.2, 0.25) is 5.91 Å². The second kappa shape index (κ2) is 13.2. The van der Waals surface area contributed by atoms with E-state index in [9.17, 15) is 14.4 Å². The van der Waals surface area contributed by atoms with Gasteiger partial charge in [-0.25, -0.2) is 0 Å². The average Bonchev–Trinajstić information content (AvgIpc) is 3.29. The molecule has 3 aromatic carbocycles. The molecule has 4 rings (SSSR count). The minimum atomic E-state index is -1.13. The maximum atomic E-state index is 14.1. The second-order valence-electron chi connectivity index (χ2n) is 12.2. The van der Waals surface area contributed by atoms with Crippen molar-refractivity contribution in [2.45, 2.75) is 71.2 Å². The van der Waals surface area contributed by atoms with Gasteiger partial charge in [0.25, 0.3) is 0 Å². The predicted octanol–water partition coefficient (Wildman–Crippen LogP) is 5.18. The molecule has 8 heteroatoms. The number of nitrogens with one attached hydrogen (secondary N) is 1. The summed E-state index contributed by atoms with van der Waals surface area (Å²) in [5, 5.41) is 2.75. The van der Waals surface area contributed by atoms with Crippen LogP contribution in [0.25, 0.3) is 0 Å². The van der Waals surface area contributed by atoms with Crippen LogP contribution >= 0.6 is 0 Å². The third-order valence-corrected chi connectivity index (χ3v) is 7.22. The average molecular weight is 588 g/mol. The number of carbonyl (C=O) groups excluding carboxylic acids is 3. The van der Waals surface area contributed by atoms with E-state index in [0.717, 1.165) is 16.7 Å². The van der Waals surface area contributed by atoms with E-state index in [1.54, 1.807) is 34.6 Å². The molecule has 0 saturated carbocycles. The topological polar surface area (TPSA) is 100 Å². The van der Waals surface area contributed by atoms with Crippen molar-refractivity contribution >= 4 is 17.7 Å². The number of rotatable bonds is 11. The van der Waals surface area contributed by atoms with E-state index >= 15 is 0 Å². The molecule has 8 nitrogen and oxygen atoms in total. The normalized spacial score (nSPS) is 18.9. The van der Waals surface area contributed by atoms with Gasteiger partial charge in [0.15, 0.2) is 11.6 Å². The number of ether oxygens (including phenoxy) is 4. The number of esters is 1. The van der Waals surface area contributed by atoms with Gasteiger partial charge in [0.05, 0.1) is 5.41 Å². The lowest BCUT2D eigenvalue weighted by molar-refractivity contribution is -0.166. The van der Waals surface area contributed by atoms with Gasteiger partial charge < -0.3 is 24.3 Å². The molecule has 0 spiro atoms. The molecule has 3 unspecified atom stereocenters. The number of hydrogen-bond acceptors (Lipinski definition) is 7. The summed E-state index contributed by atoms with van der Waals surface area (Å²) in [5.74, 6) is -2.33. The van der Waals surface area contributed by atoms with Gasteiger partial charge in [-0.1, -0.05) is 91.0 Å². The van der Waals surface area contributed by atoms with Gasteiger partial charge in [-0.05, 0) is 51.3 Å². The molecule has 1 aliphatic heterocycles. The highest BCUT2D eigenvalue weighted by Gasteiger charge is 2.49. The van der Waals surface area contributed by atoms with Gasteiger partial charge in [0.1, 0.15) is 37.1 Å². The number of ketones is 1. The molecule has 1 aliphatic rings. The fraction of sp³-hybridized carbons (Fsp3) is 0.400. The van der Waals surface area contributed by atoms with Crippen molar-refractivity contribution in [2.75, 3.05) is 13.2 Å². The number of benzene rings is 3. The lowest BCUT2D eigenvalue weighted by atomic mass is 9.80. The molecule has 1 heterocycles. The zero-order chi connectivity index (χ0) is 31.3. The molecule has 0 aliphatic carbocycles. The first-order valence-corrected chi connectivity index (χ1v) is 14.5. The second-order valence-corrected chi connectivity index (χ2v) is 12.2. The zero-order valence-electron chi connectivity index (χ0n) is 25.7. The SMILES string of the molecule is CC(=O)NC(C(=O)COC(c1ccccc1)(c1ccccc1)c1ccccc1)C1OC(C)(C)OC1COC(=O)C(C)(C)C. The third-order valence-electron chi connectivity index (χ3n) is 7.22. The number of hydrogen-bond donors (Lipinski definition) is 1. The maximum absolute atomic E-state index is 14.1. The summed E-state index contributed by atoms with van der Waals surface area (Å²) in [7, 11) is 0. The molecule has 1 saturated heterocycles. The van der Waals surface area contributed by atoms with Crippen molar-refractivity contribution in [3.63, 3.8) is 0 Å². The van der Waals surface area contributed by atoms with Crippen LogP contribution in [0.5, 0.6) is 0 Å². The lowest BCUT2D eigenvalue weighted by Crippen LogP contribution is -2.54. The number of carbonyl (C=O) groups is 3. The van der Waals surface area contributed by atoms with Crippen LogP contribution in [0.4, 0.5) is 0 Å². The highest BCUT2D eigenvalue weighted by atomic mass is 16.8. The third kappa shape index (κ3) is 7.57. The zero-order valence-corrected chi connectivity index (χ0v) is 25.7. The fourth-order valence-corrected chi connectivity index (χ4v) is 5.25. The summed E-state index contributed by atoms with van der Waals surface area (Å²) in [6, 6.07) is 28.0. The highest BCUT2D eigenvalue weighted by molar-refractivity contribution is 5.90. The van der Waals surface area contributed by atoms with Crippen LogP contribution in [-0.2, 0) is 38.9 Å². The van der Waals surface area contributed by atoms with Crippen LogP contribution in [0.2, 0.25) is 0 Å². The van der Waals surface area contributed by atoms with Crippen LogP contribution in [0.1, 0.15) is 58.2 Å².